The number of nitrogens with zero attached hydrogens (tertiary/aromatic N) is 2. The van der Waals surface area contributed by atoms with Crippen LogP contribution in [0.1, 0.15) is 33.6 Å². The van der Waals surface area contributed by atoms with Gasteiger partial charge in [-0.05, 0) is 45.4 Å². The lowest BCUT2D eigenvalue weighted by molar-refractivity contribution is -0.0630. The molecule has 0 saturated carbocycles. The summed E-state index contributed by atoms with van der Waals surface area (Å²) in [4.78, 5) is 16.5. The molecule has 0 bridgehead atoms. The van der Waals surface area contributed by atoms with Crippen LogP contribution in [0.2, 0.25) is 0 Å². The van der Waals surface area contributed by atoms with Crippen LogP contribution in [-0.2, 0) is 9.47 Å². The van der Waals surface area contributed by atoms with Gasteiger partial charge in [-0.25, -0.2) is 4.79 Å². The van der Waals surface area contributed by atoms with Crippen LogP contribution in [0.3, 0.4) is 0 Å². The smallest absolute Gasteiger partial charge is 0.410 e. The van der Waals surface area contributed by atoms with E-state index in [-0.39, 0.29) is 6.09 Å². The molecule has 2 heterocycles. The lowest BCUT2D eigenvalue weighted by Gasteiger charge is -2.39. The zero-order valence-corrected chi connectivity index (χ0v) is 15.8. The largest absolute Gasteiger partial charge is 0.444 e. The normalized spacial score (nSPS) is 30.2. The van der Waals surface area contributed by atoms with E-state index in [4.69, 9.17) is 9.47 Å². The number of allylic oxidation sites excluding steroid dienone is 3. The Hall–Kier alpha value is -1.33. The summed E-state index contributed by atoms with van der Waals surface area (Å²) >= 11 is 0. The summed E-state index contributed by atoms with van der Waals surface area (Å²) in [6.45, 7) is 11.0. The van der Waals surface area contributed by atoms with E-state index in [9.17, 15) is 4.79 Å². The first-order valence-corrected chi connectivity index (χ1v) is 9.57. The van der Waals surface area contributed by atoms with Gasteiger partial charge in [0.15, 0.2) is 0 Å². The molecule has 5 nitrogen and oxygen atoms in total. The molecule has 140 valence electrons. The standard InChI is InChI=1S/C20H32N2O3/c1-20(2,3)25-19(23)22-11-9-21(10-12-22)15-17-7-5-4-6-16(17)14-18-8-13-24-18/h4-7,16-18H,8-15H2,1-3H3/t16-,17?,18?/m1/s1. The van der Waals surface area contributed by atoms with Crippen molar-refractivity contribution in [3.05, 3.63) is 24.3 Å². The van der Waals surface area contributed by atoms with Crippen LogP contribution in [-0.4, -0.2) is 66.9 Å². The van der Waals surface area contributed by atoms with Gasteiger partial charge in [0, 0.05) is 39.3 Å². The minimum atomic E-state index is -0.426. The molecule has 2 unspecified atom stereocenters. The maximum absolute atomic E-state index is 12.2. The van der Waals surface area contributed by atoms with Gasteiger partial charge in [-0.3, -0.25) is 4.90 Å². The zero-order valence-electron chi connectivity index (χ0n) is 15.8. The van der Waals surface area contributed by atoms with Crippen molar-refractivity contribution in [3.8, 4) is 0 Å². The van der Waals surface area contributed by atoms with Crippen molar-refractivity contribution in [2.75, 3.05) is 39.3 Å². The van der Waals surface area contributed by atoms with Crippen LogP contribution in [0.4, 0.5) is 4.79 Å². The minimum Gasteiger partial charge on any atom is -0.444 e. The molecular weight excluding hydrogens is 316 g/mol. The Bertz CT molecular complexity index is 512. The average molecular weight is 348 g/mol. The highest BCUT2D eigenvalue weighted by molar-refractivity contribution is 5.68. The quantitative estimate of drug-likeness (QED) is 0.783. The van der Waals surface area contributed by atoms with Crippen molar-refractivity contribution >= 4 is 6.09 Å². The van der Waals surface area contributed by atoms with Crippen LogP contribution >= 0.6 is 0 Å². The third-order valence-electron chi connectivity index (χ3n) is 5.20. The molecule has 3 atom stereocenters. The van der Waals surface area contributed by atoms with E-state index in [1.807, 2.05) is 25.7 Å². The van der Waals surface area contributed by atoms with Crippen molar-refractivity contribution in [2.45, 2.75) is 45.3 Å². The van der Waals surface area contributed by atoms with Crippen molar-refractivity contribution < 1.29 is 14.3 Å². The Morgan fingerprint density at radius 1 is 1.12 bits per heavy atom. The fraction of sp³-hybridized carbons (Fsp3) is 0.750. The Morgan fingerprint density at radius 3 is 2.32 bits per heavy atom. The van der Waals surface area contributed by atoms with Gasteiger partial charge in [0.2, 0.25) is 0 Å². The molecule has 0 N–H and O–H groups in total. The lowest BCUT2D eigenvalue weighted by Crippen LogP contribution is -2.51. The Kier molecular flexibility index (Phi) is 5.85. The first-order valence-electron chi connectivity index (χ1n) is 9.57. The molecule has 0 aromatic rings. The fourth-order valence-electron chi connectivity index (χ4n) is 3.66. The van der Waals surface area contributed by atoms with E-state index in [0.29, 0.717) is 17.9 Å². The monoisotopic (exact) mass is 348 g/mol. The van der Waals surface area contributed by atoms with Crippen LogP contribution in [0.5, 0.6) is 0 Å². The molecule has 0 aromatic carbocycles. The summed E-state index contributed by atoms with van der Waals surface area (Å²) in [5.74, 6) is 1.11. The van der Waals surface area contributed by atoms with Crippen LogP contribution in [0.15, 0.2) is 24.3 Å². The number of piperazine rings is 1. The molecule has 3 aliphatic rings. The topological polar surface area (TPSA) is 42.0 Å². The van der Waals surface area contributed by atoms with Gasteiger partial charge in [-0.15, -0.1) is 0 Å². The highest BCUT2D eigenvalue weighted by Crippen LogP contribution is 2.30. The van der Waals surface area contributed by atoms with Gasteiger partial charge in [0.05, 0.1) is 6.10 Å². The molecule has 0 spiro atoms. The van der Waals surface area contributed by atoms with E-state index < -0.39 is 5.60 Å². The number of carbonyl (C=O) groups is 1. The fourth-order valence-corrected chi connectivity index (χ4v) is 3.66. The van der Waals surface area contributed by atoms with Crippen LogP contribution in [0, 0.1) is 11.8 Å². The molecule has 1 amide bonds. The first-order chi connectivity index (χ1) is 11.9. The van der Waals surface area contributed by atoms with Gasteiger partial charge < -0.3 is 14.4 Å². The van der Waals surface area contributed by atoms with Crippen molar-refractivity contribution in [1.29, 1.82) is 0 Å². The van der Waals surface area contributed by atoms with E-state index in [1.165, 1.54) is 6.42 Å². The Morgan fingerprint density at radius 2 is 1.76 bits per heavy atom. The minimum absolute atomic E-state index is 0.187. The highest BCUT2D eigenvalue weighted by Gasteiger charge is 2.30. The predicted molar refractivity (Wildman–Crippen MR) is 98.5 cm³/mol. The van der Waals surface area contributed by atoms with Gasteiger partial charge >= 0.3 is 6.09 Å². The maximum atomic E-state index is 12.2. The van der Waals surface area contributed by atoms with Crippen LogP contribution in [0.25, 0.3) is 0 Å². The molecule has 25 heavy (non-hydrogen) atoms. The van der Waals surface area contributed by atoms with Gasteiger partial charge in [0.1, 0.15) is 5.60 Å². The second-order valence-corrected chi connectivity index (χ2v) is 8.38. The Labute approximate surface area is 151 Å². The summed E-state index contributed by atoms with van der Waals surface area (Å²) in [5, 5.41) is 0. The van der Waals surface area contributed by atoms with Crippen LogP contribution < -0.4 is 0 Å². The summed E-state index contributed by atoms with van der Waals surface area (Å²) in [6, 6.07) is 0. The second-order valence-electron chi connectivity index (χ2n) is 8.38. The Balaban J connectivity index is 1.45. The van der Waals surface area contributed by atoms with Crippen molar-refractivity contribution in [3.63, 3.8) is 0 Å². The predicted octanol–water partition coefficient (Wildman–Crippen LogP) is 3.08. The molecular formula is C20H32N2O3. The third-order valence-corrected chi connectivity index (χ3v) is 5.20. The molecule has 2 fully saturated rings. The van der Waals surface area contributed by atoms with E-state index >= 15 is 0 Å². The molecule has 5 heteroatoms. The molecule has 0 radical (unpaired) electrons. The second kappa shape index (κ2) is 7.92. The number of amides is 1. The lowest BCUT2D eigenvalue weighted by atomic mass is 9.82. The van der Waals surface area contributed by atoms with Crippen molar-refractivity contribution in [1.82, 2.24) is 9.80 Å². The number of rotatable bonds is 4. The van der Waals surface area contributed by atoms with Gasteiger partial charge in [0.25, 0.3) is 0 Å². The molecule has 2 saturated heterocycles. The van der Waals surface area contributed by atoms with Gasteiger partial charge in [-0.2, -0.15) is 0 Å². The van der Waals surface area contributed by atoms with Crippen molar-refractivity contribution in [2.24, 2.45) is 11.8 Å². The summed E-state index contributed by atoms with van der Waals surface area (Å²) in [6.07, 6.45) is 11.6. The van der Waals surface area contributed by atoms with E-state index in [2.05, 4.69) is 29.2 Å². The summed E-state index contributed by atoms with van der Waals surface area (Å²) < 4.78 is 11.1. The highest BCUT2D eigenvalue weighted by atomic mass is 16.6. The van der Waals surface area contributed by atoms with E-state index in [1.54, 1.807) is 0 Å². The first kappa shape index (κ1) is 18.5. The molecule has 0 aromatic heterocycles. The molecule has 2 aliphatic heterocycles. The summed E-state index contributed by atoms with van der Waals surface area (Å²) in [5.41, 5.74) is -0.426. The number of hydrogen-bond acceptors (Lipinski definition) is 4. The number of ether oxygens (including phenoxy) is 2. The zero-order chi connectivity index (χ0) is 17.9. The number of hydrogen-bond donors (Lipinski definition) is 0. The van der Waals surface area contributed by atoms with E-state index in [0.717, 1.165) is 45.8 Å². The molecule has 1 aliphatic carbocycles. The number of carbonyl (C=O) groups excluding carboxylic acids is 1. The SMILES string of the molecule is CC(C)(C)OC(=O)N1CCN(CC2C=CC=C[C@@H]2CC2CCO2)CC1. The average Bonchev–Trinajstić information content (AvgIpc) is 2.51. The summed E-state index contributed by atoms with van der Waals surface area (Å²) in [7, 11) is 0. The third kappa shape index (κ3) is 5.32. The molecule has 3 rings (SSSR count). The van der Waals surface area contributed by atoms with Gasteiger partial charge in [-0.1, -0.05) is 24.3 Å². The maximum Gasteiger partial charge on any atom is 0.410 e.